The predicted molar refractivity (Wildman–Crippen MR) is 80.8 cm³/mol. The first-order valence-corrected chi connectivity index (χ1v) is 6.83. The number of aliphatic carboxylic acids is 1. The third kappa shape index (κ3) is 3.05. The van der Waals surface area contributed by atoms with Crippen molar-refractivity contribution in [3.05, 3.63) is 65.5 Å². The van der Waals surface area contributed by atoms with Gasteiger partial charge in [0.1, 0.15) is 5.82 Å². The Morgan fingerprint density at radius 1 is 1.19 bits per heavy atom. The zero-order chi connectivity index (χ0) is 15.5. The summed E-state index contributed by atoms with van der Waals surface area (Å²) in [6.07, 6.45) is 0.880. The molecule has 0 heterocycles. The van der Waals surface area contributed by atoms with Crippen molar-refractivity contribution in [1.82, 2.24) is 0 Å². The van der Waals surface area contributed by atoms with Gasteiger partial charge >= 0.3 is 5.97 Å². The van der Waals surface area contributed by atoms with Crippen LogP contribution in [-0.2, 0) is 16.8 Å². The van der Waals surface area contributed by atoms with Crippen LogP contribution in [0.3, 0.4) is 0 Å². The Hall–Kier alpha value is -2.36. The van der Waals surface area contributed by atoms with E-state index in [1.54, 1.807) is 24.3 Å². The number of carboxylic acids is 1. The number of anilines is 1. The number of benzene rings is 2. The molecule has 0 saturated heterocycles. The van der Waals surface area contributed by atoms with E-state index in [1.165, 1.54) is 19.1 Å². The highest BCUT2D eigenvalue weighted by Crippen LogP contribution is 2.28. The van der Waals surface area contributed by atoms with Gasteiger partial charge in [-0.25, -0.2) is 9.18 Å². The number of para-hydroxylation sites is 1. The molecule has 0 aliphatic heterocycles. The minimum absolute atomic E-state index is 0.168. The third-order valence-electron chi connectivity index (χ3n) is 3.63. The number of carbonyl (C=O) groups is 1. The number of hydrogen-bond donors (Lipinski definition) is 2. The van der Waals surface area contributed by atoms with Gasteiger partial charge in [-0.2, -0.15) is 0 Å². The summed E-state index contributed by atoms with van der Waals surface area (Å²) in [4.78, 5) is 11.7. The zero-order valence-electron chi connectivity index (χ0n) is 12.1. The van der Waals surface area contributed by atoms with Crippen molar-refractivity contribution >= 4 is 11.7 Å². The summed E-state index contributed by atoms with van der Waals surface area (Å²) < 4.78 is 13.8. The molecule has 2 N–H and O–H groups in total. The molecule has 21 heavy (non-hydrogen) atoms. The number of halogens is 1. The first-order chi connectivity index (χ1) is 9.97. The summed E-state index contributed by atoms with van der Waals surface area (Å²) in [7, 11) is 0. The molecule has 110 valence electrons. The van der Waals surface area contributed by atoms with Crippen molar-refractivity contribution < 1.29 is 14.3 Å². The number of rotatable bonds is 5. The fourth-order valence-corrected chi connectivity index (χ4v) is 2.15. The zero-order valence-corrected chi connectivity index (χ0v) is 12.1. The molecule has 0 bridgehead atoms. The lowest BCUT2D eigenvalue weighted by Gasteiger charge is -2.28. The van der Waals surface area contributed by atoms with E-state index in [9.17, 15) is 14.3 Å². The van der Waals surface area contributed by atoms with Crippen molar-refractivity contribution in [3.8, 4) is 0 Å². The van der Waals surface area contributed by atoms with Crippen molar-refractivity contribution in [2.75, 3.05) is 5.32 Å². The average Bonchev–Trinajstić information content (AvgIpc) is 2.49. The quantitative estimate of drug-likeness (QED) is 0.879. The SMILES string of the molecule is CCc1ccc(C(C)(Nc2ccccc2F)C(=O)O)cc1. The van der Waals surface area contributed by atoms with Crippen LogP contribution in [0, 0.1) is 5.82 Å². The second-order valence-electron chi connectivity index (χ2n) is 5.09. The summed E-state index contributed by atoms with van der Waals surface area (Å²) in [5, 5.41) is 12.4. The molecule has 3 nitrogen and oxygen atoms in total. The van der Waals surface area contributed by atoms with Gasteiger partial charge in [0.2, 0.25) is 0 Å². The molecule has 1 atom stereocenters. The molecule has 2 rings (SSSR count). The molecule has 2 aromatic carbocycles. The van der Waals surface area contributed by atoms with Crippen LogP contribution in [0.15, 0.2) is 48.5 Å². The first-order valence-electron chi connectivity index (χ1n) is 6.83. The fourth-order valence-electron chi connectivity index (χ4n) is 2.15. The van der Waals surface area contributed by atoms with E-state index in [0.717, 1.165) is 12.0 Å². The number of hydrogen-bond acceptors (Lipinski definition) is 2. The van der Waals surface area contributed by atoms with Gasteiger partial charge in [-0.1, -0.05) is 43.3 Å². The maximum absolute atomic E-state index is 13.8. The predicted octanol–water partition coefficient (Wildman–Crippen LogP) is 3.80. The topological polar surface area (TPSA) is 49.3 Å². The van der Waals surface area contributed by atoms with Crippen molar-refractivity contribution in [2.45, 2.75) is 25.8 Å². The van der Waals surface area contributed by atoms with Crippen molar-refractivity contribution in [3.63, 3.8) is 0 Å². The Morgan fingerprint density at radius 3 is 2.33 bits per heavy atom. The highest BCUT2D eigenvalue weighted by Gasteiger charge is 2.35. The Labute approximate surface area is 123 Å². The van der Waals surface area contributed by atoms with Crippen LogP contribution in [0.1, 0.15) is 25.0 Å². The number of nitrogens with one attached hydrogen (secondary N) is 1. The molecule has 1 unspecified atom stereocenters. The molecule has 4 heteroatoms. The van der Waals surface area contributed by atoms with E-state index in [2.05, 4.69) is 5.32 Å². The lowest BCUT2D eigenvalue weighted by atomic mass is 9.90. The van der Waals surface area contributed by atoms with E-state index in [1.807, 2.05) is 19.1 Å². The van der Waals surface area contributed by atoms with Crippen LogP contribution < -0.4 is 5.32 Å². The fraction of sp³-hybridized carbons (Fsp3) is 0.235. The first kappa shape index (κ1) is 15.0. The van der Waals surface area contributed by atoms with Crippen LogP contribution in [0.25, 0.3) is 0 Å². The molecule has 0 saturated carbocycles. The van der Waals surface area contributed by atoms with Crippen molar-refractivity contribution in [2.24, 2.45) is 0 Å². The highest BCUT2D eigenvalue weighted by molar-refractivity contribution is 5.84. The molecule has 0 radical (unpaired) electrons. The normalized spacial score (nSPS) is 13.5. The van der Waals surface area contributed by atoms with Crippen molar-refractivity contribution in [1.29, 1.82) is 0 Å². The van der Waals surface area contributed by atoms with Gasteiger partial charge in [0, 0.05) is 0 Å². The highest BCUT2D eigenvalue weighted by atomic mass is 19.1. The van der Waals surface area contributed by atoms with Gasteiger partial charge < -0.3 is 10.4 Å². The second-order valence-corrected chi connectivity index (χ2v) is 5.09. The van der Waals surface area contributed by atoms with Crippen LogP contribution in [0.4, 0.5) is 10.1 Å². The molecular formula is C17H18FNO2. The molecule has 0 spiro atoms. The molecule has 0 aliphatic carbocycles. The Balaban J connectivity index is 2.40. The third-order valence-corrected chi connectivity index (χ3v) is 3.63. The molecule has 0 aromatic heterocycles. The van der Waals surface area contributed by atoms with Crippen LogP contribution >= 0.6 is 0 Å². The molecular weight excluding hydrogens is 269 g/mol. The molecule has 0 amide bonds. The molecule has 0 aliphatic rings. The van der Waals surface area contributed by atoms with Gasteiger partial charge in [-0.3, -0.25) is 0 Å². The van der Waals surface area contributed by atoms with Crippen LogP contribution in [0.5, 0.6) is 0 Å². The number of aryl methyl sites for hydroxylation is 1. The van der Waals surface area contributed by atoms with Gasteiger partial charge in [0.15, 0.2) is 5.54 Å². The van der Waals surface area contributed by atoms with E-state index in [-0.39, 0.29) is 5.69 Å². The Kier molecular flexibility index (Phi) is 4.26. The minimum atomic E-state index is -1.39. The van der Waals surface area contributed by atoms with Crippen LogP contribution in [0.2, 0.25) is 0 Å². The lowest BCUT2D eigenvalue weighted by molar-refractivity contribution is -0.142. The van der Waals surface area contributed by atoms with Gasteiger partial charge in [0.25, 0.3) is 0 Å². The summed E-state index contributed by atoms with van der Waals surface area (Å²) in [6.45, 7) is 3.56. The summed E-state index contributed by atoms with van der Waals surface area (Å²) >= 11 is 0. The monoisotopic (exact) mass is 287 g/mol. The summed E-state index contributed by atoms with van der Waals surface area (Å²) in [5.41, 5.74) is 0.476. The average molecular weight is 287 g/mol. The van der Waals surface area contributed by atoms with Gasteiger partial charge in [-0.05, 0) is 36.6 Å². The standard InChI is InChI=1S/C17H18FNO2/c1-3-12-8-10-13(11-9-12)17(2,16(20)21)19-15-7-5-4-6-14(15)18/h4-11,19H,3H2,1-2H3,(H,20,21). The van der Waals surface area contributed by atoms with E-state index in [4.69, 9.17) is 0 Å². The minimum Gasteiger partial charge on any atom is -0.479 e. The number of carboxylic acid groups (broad SMARTS) is 1. The van der Waals surface area contributed by atoms with E-state index >= 15 is 0 Å². The largest absolute Gasteiger partial charge is 0.479 e. The maximum Gasteiger partial charge on any atom is 0.333 e. The van der Waals surface area contributed by atoms with Gasteiger partial charge in [-0.15, -0.1) is 0 Å². The summed E-state index contributed by atoms with van der Waals surface area (Å²) in [5.74, 6) is -1.54. The molecule has 2 aromatic rings. The van der Waals surface area contributed by atoms with Gasteiger partial charge in [0.05, 0.1) is 5.69 Å². The maximum atomic E-state index is 13.8. The van der Waals surface area contributed by atoms with E-state index in [0.29, 0.717) is 5.56 Å². The summed E-state index contributed by atoms with van der Waals surface area (Å²) in [6, 6.07) is 13.4. The lowest BCUT2D eigenvalue weighted by Crippen LogP contribution is -2.40. The second kappa shape index (κ2) is 5.95. The van der Waals surface area contributed by atoms with E-state index < -0.39 is 17.3 Å². The molecule has 0 fully saturated rings. The van der Waals surface area contributed by atoms with Crippen LogP contribution in [-0.4, -0.2) is 11.1 Å². The Morgan fingerprint density at radius 2 is 1.81 bits per heavy atom. The Bertz CT molecular complexity index is 639. The smallest absolute Gasteiger partial charge is 0.333 e.